The van der Waals surface area contributed by atoms with E-state index in [4.69, 9.17) is 4.52 Å². The van der Waals surface area contributed by atoms with Gasteiger partial charge >= 0.3 is 0 Å². The van der Waals surface area contributed by atoms with E-state index in [1.54, 1.807) is 47.6 Å². The summed E-state index contributed by atoms with van der Waals surface area (Å²) in [4.78, 5) is 22.7. The van der Waals surface area contributed by atoms with Crippen LogP contribution in [0, 0.1) is 0 Å². The van der Waals surface area contributed by atoms with Crippen molar-refractivity contribution >= 4 is 27.3 Å². The van der Waals surface area contributed by atoms with Crippen LogP contribution in [0.25, 0.3) is 11.4 Å². The van der Waals surface area contributed by atoms with Crippen LogP contribution >= 0.6 is 0 Å². The van der Waals surface area contributed by atoms with Crippen molar-refractivity contribution in [3.63, 3.8) is 0 Å². The normalized spacial score (nSPS) is 14.7. The van der Waals surface area contributed by atoms with Gasteiger partial charge in [-0.05, 0) is 59.9 Å². The number of anilines is 2. The number of aryl methyl sites for hydroxylation is 1. The SMILES string of the molecule is O=C1CCc2cc(S(=O)(=O)Nc3ccccc3Cc3nc(-c4cccnc4)no3)cc3c2N1CC3. The monoisotopic (exact) mass is 487 g/mol. The van der Waals surface area contributed by atoms with Crippen molar-refractivity contribution in [2.75, 3.05) is 16.2 Å². The van der Waals surface area contributed by atoms with Gasteiger partial charge in [-0.1, -0.05) is 23.4 Å². The summed E-state index contributed by atoms with van der Waals surface area (Å²) in [6, 6.07) is 14.1. The van der Waals surface area contributed by atoms with Gasteiger partial charge < -0.3 is 9.42 Å². The van der Waals surface area contributed by atoms with E-state index in [9.17, 15) is 13.2 Å². The minimum atomic E-state index is -3.86. The molecular weight excluding hydrogens is 466 g/mol. The number of nitrogens with one attached hydrogen (secondary N) is 1. The summed E-state index contributed by atoms with van der Waals surface area (Å²) >= 11 is 0. The fourth-order valence-electron chi connectivity index (χ4n) is 4.66. The highest BCUT2D eigenvalue weighted by atomic mass is 32.2. The first-order chi connectivity index (χ1) is 17.0. The molecule has 10 heteroatoms. The van der Waals surface area contributed by atoms with Crippen LogP contribution in [0.1, 0.15) is 29.0 Å². The summed E-state index contributed by atoms with van der Waals surface area (Å²) in [6.45, 7) is 0.603. The fraction of sp³-hybridized carbons (Fsp3) is 0.200. The Kier molecular flexibility index (Phi) is 5.10. The van der Waals surface area contributed by atoms with Gasteiger partial charge in [0.1, 0.15) is 0 Å². The Bertz CT molecular complexity index is 1550. The van der Waals surface area contributed by atoms with Crippen LogP contribution in [0.5, 0.6) is 0 Å². The Balaban J connectivity index is 1.28. The predicted molar refractivity (Wildman–Crippen MR) is 128 cm³/mol. The number of para-hydroxylation sites is 1. The molecular formula is C25H21N5O4S. The second-order valence-electron chi connectivity index (χ2n) is 8.58. The van der Waals surface area contributed by atoms with E-state index in [1.807, 2.05) is 18.2 Å². The molecule has 2 aliphatic heterocycles. The van der Waals surface area contributed by atoms with E-state index < -0.39 is 10.0 Å². The van der Waals surface area contributed by atoms with Crippen LogP contribution in [0.2, 0.25) is 0 Å². The lowest BCUT2D eigenvalue weighted by Gasteiger charge is -2.25. The van der Waals surface area contributed by atoms with Gasteiger partial charge in [0.25, 0.3) is 10.0 Å². The van der Waals surface area contributed by atoms with E-state index in [0.29, 0.717) is 48.8 Å². The van der Waals surface area contributed by atoms with Crippen LogP contribution < -0.4 is 9.62 Å². The first-order valence-electron chi connectivity index (χ1n) is 11.3. The van der Waals surface area contributed by atoms with Gasteiger partial charge in [-0.25, -0.2) is 8.42 Å². The van der Waals surface area contributed by atoms with Crippen molar-refractivity contribution in [3.05, 3.63) is 83.5 Å². The third-order valence-electron chi connectivity index (χ3n) is 6.33. The minimum Gasteiger partial charge on any atom is -0.339 e. The highest BCUT2D eigenvalue weighted by Crippen LogP contribution is 2.38. The second-order valence-corrected chi connectivity index (χ2v) is 10.3. The Labute approximate surface area is 201 Å². The average molecular weight is 488 g/mol. The van der Waals surface area contributed by atoms with Crippen molar-refractivity contribution in [2.24, 2.45) is 0 Å². The van der Waals surface area contributed by atoms with Crippen molar-refractivity contribution in [1.29, 1.82) is 0 Å². The average Bonchev–Trinajstić information content (AvgIpc) is 3.51. The first-order valence-corrected chi connectivity index (χ1v) is 12.8. The van der Waals surface area contributed by atoms with Gasteiger partial charge in [0.05, 0.1) is 22.7 Å². The van der Waals surface area contributed by atoms with E-state index in [2.05, 4.69) is 19.8 Å². The predicted octanol–water partition coefficient (Wildman–Crippen LogP) is 3.36. The first kappa shape index (κ1) is 21.5. The molecule has 1 N–H and O–H groups in total. The quantitative estimate of drug-likeness (QED) is 0.443. The van der Waals surface area contributed by atoms with Gasteiger partial charge in [0.15, 0.2) is 0 Å². The number of carbonyl (C=O) groups is 1. The molecule has 0 fully saturated rings. The Hall–Kier alpha value is -4.05. The van der Waals surface area contributed by atoms with Crippen LogP contribution in [0.3, 0.4) is 0 Å². The Morgan fingerprint density at radius 3 is 2.69 bits per heavy atom. The Morgan fingerprint density at radius 2 is 1.86 bits per heavy atom. The summed E-state index contributed by atoms with van der Waals surface area (Å²) in [5, 5.41) is 4.01. The summed E-state index contributed by atoms with van der Waals surface area (Å²) < 4.78 is 34.9. The molecule has 35 heavy (non-hydrogen) atoms. The van der Waals surface area contributed by atoms with E-state index >= 15 is 0 Å². The zero-order valence-electron chi connectivity index (χ0n) is 18.6. The molecule has 0 saturated carbocycles. The minimum absolute atomic E-state index is 0.103. The molecule has 2 aromatic carbocycles. The van der Waals surface area contributed by atoms with Gasteiger partial charge in [-0.15, -0.1) is 0 Å². The molecule has 2 aliphatic rings. The smallest absolute Gasteiger partial charge is 0.261 e. The molecule has 2 aromatic heterocycles. The Morgan fingerprint density at radius 1 is 1.03 bits per heavy atom. The number of rotatable bonds is 6. The summed E-state index contributed by atoms with van der Waals surface area (Å²) in [6.07, 6.45) is 5.18. The second kappa shape index (κ2) is 8.31. The van der Waals surface area contributed by atoms with Crippen molar-refractivity contribution in [1.82, 2.24) is 15.1 Å². The van der Waals surface area contributed by atoms with Crippen molar-refractivity contribution in [2.45, 2.75) is 30.6 Å². The number of amides is 1. The maximum absolute atomic E-state index is 13.4. The van der Waals surface area contributed by atoms with Crippen molar-refractivity contribution in [3.8, 4) is 11.4 Å². The van der Waals surface area contributed by atoms with Gasteiger partial charge in [0, 0.05) is 30.9 Å². The number of hydrogen-bond acceptors (Lipinski definition) is 7. The lowest BCUT2D eigenvalue weighted by Crippen LogP contribution is -2.33. The molecule has 0 unspecified atom stereocenters. The van der Waals surface area contributed by atoms with Gasteiger partial charge in [-0.3, -0.25) is 14.5 Å². The summed E-state index contributed by atoms with van der Waals surface area (Å²) in [7, 11) is -3.86. The molecule has 0 atom stereocenters. The van der Waals surface area contributed by atoms with E-state index in [0.717, 1.165) is 22.4 Å². The zero-order valence-corrected chi connectivity index (χ0v) is 19.5. The molecule has 0 aliphatic carbocycles. The van der Waals surface area contributed by atoms with Crippen LogP contribution in [0.15, 0.2) is 70.3 Å². The topological polar surface area (TPSA) is 118 Å². The molecule has 4 aromatic rings. The number of carbonyl (C=O) groups excluding carboxylic acids is 1. The van der Waals surface area contributed by atoms with Crippen LogP contribution in [0.4, 0.5) is 11.4 Å². The number of hydrogen-bond donors (Lipinski definition) is 1. The number of pyridine rings is 1. The van der Waals surface area contributed by atoms with Crippen molar-refractivity contribution < 1.29 is 17.7 Å². The molecule has 4 heterocycles. The fourth-order valence-corrected chi connectivity index (χ4v) is 5.86. The standard InChI is InChI=1S/C25H21N5O4S/c31-23-8-7-17-12-20(13-18-9-11-30(23)24(17)18)35(32,33)29-21-6-2-1-4-16(21)14-22-27-25(28-34-22)19-5-3-10-26-15-19/h1-6,10,12-13,15,29H,7-9,11,14H2. The lowest BCUT2D eigenvalue weighted by molar-refractivity contribution is -0.118. The third-order valence-corrected chi connectivity index (χ3v) is 7.67. The van der Waals surface area contributed by atoms with Crippen LogP contribution in [-0.4, -0.2) is 36.0 Å². The molecule has 0 spiro atoms. The number of benzene rings is 2. The maximum Gasteiger partial charge on any atom is 0.261 e. The third kappa shape index (κ3) is 3.95. The largest absolute Gasteiger partial charge is 0.339 e. The van der Waals surface area contributed by atoms with Gasteiger partial charge in [-0.2, -0.15) is 4.98 Å². The van der Waals surface area contributed by atoms with E-state index in [-0.39, 0.29) is 17.2 Å². The lowest BCUT2D eigenvalue weighted by atomic mass is 10.00. The molecule has 0 bridgehead atoms. The summed E-state index contributed by atoms with van der Waals surface area (Å²) in [5.74, 6) is 0.889. The molecule has 1 amide bonds. The van der Waals surface area contributed by atoms with Crippen LogP contribution in [-0.2, 0) is 34.1 Å². The number of nitrogens with zero attached hydrogens (tertiary/aromatic N) is 4. The molecule has 0 radical (unpaired) electrons. The highest BCUT2D eigenvalue weighted by Gasteiger charge is 2.33. The molecule has 0 saturated heterocycles. The maximum atomic E-state index is 13.4. The number of aromatic nitrogens is 3. The highest BCUT2D eigenvalue weighted by molar-refractivity contribution is 7.92. The number of sulfonamides is 1. The van der Waals surface area contributed by atoms with Gasteiger partial charge in [0.2, 0.25) is 17.6 Å². The molecule has 176 valence electrons. The zero-order chi connectivity index (χ0) is 24.0. The van der Waals surface area contributed by atoms with E-state index in [1.165, 1.54) is 0 Å². The molecule has 9 nitrogen and oxygen atoms in total. The molecule has 6 rings (SSSR count). The summed E-state index contributed by atoms with van der Waals surface area (Å²) in [5.41, 5.74) is 4.58.